The Kier molecular flexibility index (Phi) is 5.05. The topological polar surface area (TPSA) is 64.1 Å². The molecule has 0 saturated carbocycles. The van der Waals surface area contributed by atoms with Crippen LogP contribution in [-0.2, 0) is 0 Å². The molecular formula is C16H10BrF2N3O2S. The molecule has 0 radical (unpaired) electrons. The van der Waals surface area contributed by atoms with Gasteiger partial charge in [0.2, 0.25) is 5.88 Å². The Morgan fingerprint density at radius 2 is 1.96 bits per heavy atom. The number of amides is 1. The van der Waals surface area contributed by atoms with E-state index in [1.54, 1.807) is 18.3 Å². The molecular weight excluding hydrogens is 416 g/mol. The molecule has 3 aromatic heterocycles. The van der Waals surface area contributed by atoms with Crippen molar-refractivity contribution in [2.75, 3.05) is 12.4 Å². The van der Waals surface area contributed by atoms with Crippen LogP contribution in [0.4, 0.5) is 14.5 Å². The summed E-state index contributed by atoms with van der Waals surface area (Å²) in [6.45, 7) is 0. The molecule has 0 aromatic carbocycles. The van der Waals surface area contributed by atoms with Crippen molar-refractivity contribution in [2.24, 2.45) is 0 Å². The van der Waals surface area contributed by atoms with Gasteiger partial charge < -0.3 is 10.1 Å². The van der Waals surface area contributed by atoms with E-state index in [-0.39, 0.29) is 4.88 Å². The lowest BCUT2D eigenvalue weighted by Crippen LogP contribution is -2.13. The first-order valence-electron chi connectivity index (χ1n) is 6.89. The molecule has 25 heavy (non-hydrogen) atoms. The minimum absolute atomic E-state index is 0.285. The monoisotopic (exact) mass is 425 g/mol. The van der Waals surface area contributed by atoms with Crippen LogP contribution in [0.3, 0.4) is 0 Å². The number of halogens is 3. The zero-order valence-corrected chi connectivity index (χ0v) is 15.1. The summed E-state index contributed by atoms with van der Waals surface area (Å²) in [4.78, 5) is 20.8. The number of hydrogen-bond donors (Lipinski definition) is 1. The molecule has 128 valence electrons. The molecule has 5 nitrogen and oxygen atoms in total. The number of rotatable bonds is 4. The van der Waals surface area contributed by atoms with Gasteiger partial charge in [-0.25, -0.2) is 13.8 Å². The highest BCUT2D eigenvalue weighted by Crippen LogP contribution is 2.35. The van der Waals surface area contributed by atoms with E-state index >= 15 is 0 Å². The maximum absolute atomic E-state index is 13.6. The van der Waals surface area contributed by atoms with Crippen LogP contribution >= 0.6 is 27.3 Å². The maximum Gasteiger partial charge on any atom is 0.265 e. The van der Waals surface area contributed by atoms with E-state index in [4.69, 9.17) is 4.74 Å². The fourth-order valence-corrected chi connectivity index (χ4v) is 3.32. The van der Waals surface area contributed by atoms with Crippen LogP contribution in [0.15, 0.2) is 41.3 Å². The first kappa shape index (κ1) is 17.4. The van der Waals surface area contributed by atoms with Crippen LogP contribution in [0.5, 0.6) is 5.88 Å². The number of thiophene rings is 1. The summed E-state index contributed by atoms with van der Waals surface area (Å²) in [5.41, 5.74) is 0.166. The number of nitrogens with one attached hydrogen (secondary N) is 1. The van der Waals surface area contributed by atoms with Crippen molar-refractivity contribution in [1.82, 2.24) is 9.97 Å². The molecule has 0 aliphatic rings. The summed E-state index contributed by atoms with van der Waals surface area (Å²) in [7, 11) is 1.50. The Labute approximate surface area is 153 Å². The second kappa shape index (κ2) is 7.24. The zero-order valence-electron chi connectivity index (χ0n) is 12.7. The van der Waals surface area contributed by atoms with Gasteiger partial charge in [-0.05, 0) is 34.1 Å². The van der Waals surface area contributed by atoms with Gasteiger partial charge in [0.1, 0.15) is 5.69 Å². The van der Waals surface area contributed by atoms with Crippen LogP contribution in [0.1, 0.15) is 9.67 Å². The predicted octanol–water partition coefficient (Wildman–Crippen LogP) is 4.51. The fraction of sp³-hybridized carbons (Fsp3) is 0.0625. The van der Waals surface area contributed by atoms with Gasteiger partial charge in [-0.1, -0.05) is 0 Å². The van der Waals surface area contributed by atoms with Crippen LogP contribution in [0.25, 0.3) is 10.4 Å². The third kappa shape index (κ3) is 3.67. The molecule has 0 fully saturated rings. The van der Waals surface area contributed by atoms with Crippen molar-refractivity contribution in [1.29, 1.82) is 0 Å². The number of aromatic nitrogens is 2. The largest absolute Gasteiger partial charge is 0.481 e. The molecule has 3 rings (SSSR count). The van der Waals surface area contributed by atoms with Gasteiger partial charge in [-0.2, -0.15) is 0 Å². The molecule has 0 aliphatic heterocycles. The maximum atomic E-state index is 13.6. The van der Waals surface area contributed by atoms with E-state index in [1.807, 2.05) is 6.07 Å². The SMILES string of the molecule is COc1ncc(Br)cc1-c1ccc(C(=O)Nc2c(F)cncc2F)s1. The van der Waals surface area contributed by atoms with Crippen molar-refractivity contribution < 1.29 is 18.3 Å². The first-order valence-corrected chi connectivity index (χ1v) is 8.50. The average Bonchev–Trinajstić information content (AvgIpc) is 3.08. The van der Waals surface area contributed by atoms with Gasteiger partial charge >= 0.3 is 0 Å². The lowest BCUT2D eigenvalue weighted by molar-refractivity contribution is 0.102. The number of methoxy groups -OCH3 is 1. The van der Waals surface area contributed by atoms with Crippen LogP contribution in [-0.4, -0.2) is 23.0 Å². The highest BCUT2D eigenvalue weighted by atomic mass is 79.9. The van der Waals surface area contributed by atoms with Crippen molar-refractivity contribution in [3.63, 3.8) is 0 Å². The molecule has 0 unspecified atom stereocenters. The molecule has 0 aliphatic carbocycles. The van der Waals surface area contributed by atoms with Crippen molar-refractivity contribution in [2.45, 2.75) is 0 Å². The number of carbonyl (C=O) groups excluding carboxylic acids is 1. The number of pyridine rings is 2. The van der Waals surface area contributed by atoms with Crippen molar-refractivity contribution >= 4 is 38.9 Å². The summed E-state index contributed by atoms with van der Waals surface area (Å²) in [5, 5.41) is 2.22. The molecule has 0 saturated heterocycles. The van der Waals surface area contributed by atoms with Crippen LogP contribution in [0, 0.1) is 11.6 Å². The van der Waals surface area contributed by atoms with Gasteiger partial charge in [0.25, 0.3) is 5.91 Å². The molecule has 3 heterocycles. The summed E-state index contributed by atoms with van der Waals surface area (Å²) >= 11 is 4.49. The predicted molar refractivity (Wildman–Crippen MR) is 93.9 cm³/mol. The Morgan fingerprint density at radius 1 is 1.24 bits per heavy atom. The number of carbonyl (C=O) groups is 1. The van der Waals surface area contributed by atoms with Crippen molar-refractivity contribution in [3.8, 4) is 16.3 Å². The quantitative estimate of drug-likeness (QED) is 0.667. The average molecular weight is 426 g/mol. The lowest BCUT2D eigenvalue weighted by atomic mass is 10.2. The second-order valence-corrected chi connectivity index (χ2v) is 6.81. The smallest absolute Gasteiger partial charge is 0.265 e. The Morgan fingerprint density at radius 3 is 2.64 bits per heavy atom. The first-order chi connectivity index (χ1) is 12.0. The van der Waals surface area contributed by atoms with E-state index in [0.29, 0.717) is 11.4 Å². The molecule has 0 atom stereocenters. The molecule has 3 aromatic rings. The Bertz CT molecular complexity index is 929. The highest BCUT2D eigenvalue weighted by Gasteiger charge is 2.17. The second-order valence-electron chi connectivity index (χ2n) is 4.81. The highest BCUT2D eigenvalue weighted by molar-refractivity contribution is 9.10. The van der Waals surface area contributed by atoms with Crippen molar-refractivity contribution in [3.05, 3.63) is 57.8 Å². The number of ether oxygens (including phenoxy) is 1. The molecule has 9 heteroatoms. The fourth-order valence-electron chi connectivity index (χ4n) is 2.08. The third-order valence-electron chi connectivity index (χ3n) is 3.20. The molecule has 1 N–H and O–H groups in total. The third-order valence-corrected chi connectivity index (χ3v) is 4.75. The minimum Gasteiger partial charge on any atom is -0.481 e. The molecule has 0 spiro atoms. The number of nitrogens with zero attached hydrogens (tertiary/aromatic N) is 2. The zero-order chi connectivity index (χ0) is 18.0. The lowest BCUT2D eigenvalue weighted by Gasteiger charge is -2.06. The van der Waals surface area contributed by atoms with Gasteiger partial charge in [0.15, 0.2) is 11.6 Å². The summed E-state index contributed by atoms with van der Waals surface area (Å²) in [5.74, 6) is -2.10. The van der Waals surface area contributed by atoms with E-state index < -0.39 is 23.2 Å². The number of anilines is 1. The van der Waals surface area contributed by atoms with Gasteiger partial charge in [-0.3, -0.25) is 9.78 Å². The number of hydrogen-bond acceptors (Lipinski definition) is 5. The van der Waals surface area contributed by atoms with Gasteiger partial charge in [0, 0.05) is 15.5 Å². The molecule has 1 amide bonds. The summed E-state index contributed by atoms with van der Waals surface area (Å²) in [6, 6.07) is 5.08. The minimum atomic E-state index is -0.942. The van der Waals surface area contributed by atoms with E-state index in [9.17, 15) is 13.6 Å². The van der Waals surface area contributed by atoms with E-state index in [0.717, 1.165) is 33.1 Å². The van der Waals surface area contributed by atoms with E-state index in [2.05, 4.69) is 31.2 Å². The van der Waals surface area contributed by atoms with Crippen LogP contribution < -0.4 is 10.1 Å². The molecule has 0 bridgehead atoms. The summed E-state index contributed by atoms with van der Waals surface area (Å²) < 4.78 is 33.2. The van der Waals surface area contributed by atoms with Gasteiger partial charge in [0.05, 0.1) is 29.9 Å². The Balaban J connectivity index is 1.89. The van der Waals surface area contributed by atoms with Crippen LogP contribution in [0.2, 0.25) is 0 Å². The Hall–Kier alpha value is -2.39. The standard InChI is InChI=1S/C16H10BrF2N3O2S/c1-24-16-9(4-8(17)5-21-16)12-2-3-13(25-12)15(23)22-14-10(18)6-20-7-11(14)19/h2-7H,1H3,(H,20,22,23). The van der Waals surface area contributed by atoms with Gasteiger partial charge in [-0.15, -0.1) is 11.3 Å². The van der Waals surface area contributed by atoms with E-state index in [1.165, 1.54) is 7.11 Å². The normalized spacial score (nSPS) is 10.6. The summed E-state index contributed by atoms with van der Waals surface area (Å²) in [6.07, 6.45) is 3.26.